The predicted octanol–water partition coefficient (Wildman–Crippen LogP) is 2.23. The van der Waals surface area contributed by atoms with Crippen molar-refractivity contribution >= 4 is 17.4 Å². The smallest absolute Gasteiger partial charge is 0.319 e. The molecule has 2 aromatic rings. The van der Waals surface area contributed by atoms with Gasteiger partial charge in [-0.2, -0.15) is 0 Å². The lowest BCUT2D eigenvalue weighted by molar-refractivity contribution is -0.899. The fourth-order valence-electron chi connectivity index (χ4n) is 3.66. The highest BCUT2D eigenvalue weighted by Crippen LogP contribution is 2.19. The van der Waals surface area contributed by atoms with Crippen LogP contribution < -0.4 is 25.2 Å². The first-order valence-corrected chi connectivity index (χ1v) is 10.5. The third kappa shape index (κ3) is 5.87. The van der Waals surface area contributed by atoms with E-state index in [1.165, 1.54) is 16.2 Å². The van der Waals surface area contributed by atoms with Gasteiger partial charge < -0.3 is 25.2 Å². The lowest BCUT2D eigenvalue weighted by Crippen LogP contribution is -3.15. The molecular formula is C23H33N4O2+. The third-order valence-corrected chi connectivity index (χ3v) is 5.60. The summed E-state index contributed by atoms with van der Waals surface area (Å²) < 4.78 is 5.52. The van der Waals surface area contributed by atoms with E-state index >= 15 is 0 Å². The lowest BCUT2D eigenvalue weighted by Gasteiger charge is -2.33. The minimum atomic E-state index is -0.133. The molecule has 6 nitrogen and oxygen atoms in total. The van der Waals surface area contributed by atoms with Gasteiger partial charge in [-0.3, -0.25) is 0 Å². The van der Waals surface area contributed by atoms with Crippen molar-refractivity contribution in [3.05, 3.63) is 53.6 Å². The molecule has 0 spiro atoms. The zero-order valence-electron chi connectivity index (χ0n) is 17.8. The van der Waals surface area contributed by atoms with E-state index in [0.717, 1.165) is 49.7 Å². The second kappa shape index (κ2) is 10.2. The van der Waals surface area contributed by atoms with Crippen LogP contribution in [-0.4, -0.2) is 51.9 Å². The molecule has 0 saturated carbocycles. The molecule has 1 aliphatic rings. The van der Waals surface area contributed by atoms with E-state index < -0.39 is 0 Å². The fraction of sp³-hybridized carbons (Fsp3) is 0.435. The molecule has 0 bridgehead atoms. The van der Waals surface area contributed by atoms with Crippen molar-refractivity contribution in [3.8, 4) is 5.75 Å². The molecular weight excluding hydrogens is 364 g/mol. The number of carbonyl (C=O) groups is 1. The average Bonchev–Trinajstić information content (AvgIpc) is 2.73. The Morgan fingerprint density at radius 2 is 1.83 bits per heavy atom. The number of nitrogens with zero attached hydrogens (tertiary/aromatic N) is 1. The van der Waals surface area contributed by atoms with Crippen molar-refractivity contribution < 1.29 is 14.4 Å². The second-order valence-corrected chi connectivity index (χ2v) is 7.54. The van der Waals surface area contributed by atoms with Gasteiger partial charge in [-0.1, -0.05) is 12.1 Å². The molecule has 1 heterocycles. The second-order valence-electron chi connectivity index (χ2n) is 7.54. The number of hydrogen-bond acceptors (Lipinski definition) is 3. The maximum atomic E-state index is 12.2. The molecule has 3 N–H and O–H groups in total. The zero-order chi connectivity index (χ0) is 20.6. The van der Waals surface area contributed by atoms with Crippen LogP contribution >= 0.6 is 0 Å². The Hall–Kier alpha value is -2.73. The molecule has 0 unspecified atom stereocenters. The summed E-state index contributed by atoms with van der Waals surface area (Å²) in [5.74, 6) is 0.922. The molecule has 1 aliphatic heterocycles. The van der Waals surface area contributed by atoms with Crippen LogP contribution in [0.4, 0.5) is 16.2 Å². The summed E-state index contributed by atoms with van der Waals surface area (Å²) >= 11 is 0. The number of urea groups is 1. The highest BCUT2D eigenvalue weighted by atomic mass is 16.5. The molecule has 1 fully saturated rings. The third-order valence-electron chi connectivity index (χ3n) is 5.60. The van der Waals surface area contributed by atoms with Gasteiger partial charge in [0.1, 0.15) is 5.75 Å². The number of hydrogen-bond donors (Lipinski definition) is 3. The molecule has 156 valence electrons. The molecule has 0 aliphatic carbocycles. The Balaban J connectivity index is 1.37. The van der Waals surface area contributed by atoms with E-state index in [1.807, 2.05) is 38.1 Å². The molecule has 0 aromatic heterocycles. The van der Waals surface area contributed by atoms with E-state index in [0.29, 0.717) is 13.2 Å². The largest absolute Gasteiger partial charge is 0.494 e. The first kappa shape index (κ1) is 21.0. The normalized spacial score (nSPS) is 14.5. The van der Waals surface area contributed by atoms with Crippen LogP contribution in [0.3, 0.4) is 0 Å². The molecule has 6 heteroatoms. The van der Waals surface area contributed by atoms with Crippen LogP contribution in [0.15, 0.2) is 42.5 Å². The van der Waals surface area contributed by atoms with Crippen molar-refractivity contribution in [1.29, 1.82) is 0 Å². The van der Waals surface area contributed by atoms with Crippen molar-refractivity contribution in [1.82, 2.24) is 5.32 Å². The van der Waals surface area contributed by atoms with Gasteiger partial charge in [-0.15, -0.1) is 0 Å². The summed E-state index contributed by atoms with van der Waals surface area (Å²) in [4.78, 5) is 16.1. The average molecular weight is 398 g/mol. The van der Waals surface area contributed by atoms with Crippen LogP contribution in [-0.2, 0) is 0 Å². The number of quaternary nitrogens is 1. The van der Waals surface area contributed by atoms with E-state index in [4.69, 9.17) is 4.74 Å². The highest BCUT2D eigenvalue weighted by molar-refractivity contribution is 5.90. The van der Waals surface area contributed by atoms with Crippen LogP contribution in [0, 0.1) is 13.8 Å². The molecule has 0 atom stereocenters. The molecule has 29 heavy (non-hydrogen) atoms. The van der Waals surface area contributed by atoms with Crippen molar-refractivity contribution in [2.45, 2.75) is 20.8 Å². The number of benzene rings is 2. The van der Waals surface area contributed by atoms with E-state index in [2.05, 4.69) is 40.7 Å². The SMILES string of the molecule is CCOc1ccc(N2CC[NH+](CCNC(=O)Nc3cccc(C)c3C)CC2)cc1. The number of carbonyl (C=O) groups excluding carboxylic acids is 1. The number of nitrogens with one attached hydrogen (secondary N) is 3. The Morgan fingerprint density at radius 3 is 2.52 bits per heavy atom. The van der Waals surface area contributed by atoms with E-state index in [9.17, 15) is 4.79 Å². The van der Waals surface area contributed by atoms with Gasteiger partial charge in [0.2, 0.25) is 0 Å². The number of piperazine rings is 1. The summed E-state index contributed by atoms with van der Waals surface area (Å²) in [5.41, 5.74) is 4.41. The number of aryl methyl sites for hydroxylation is 1. The predicted molar refractivity (Wildman–Crippen MR) is 118 cm³/mol. The van der Waals surface area contributed by atoms with Gasteiger partial charge in [0.05, 0.1) is 45.9 Å². The van der Waals surface area contributed by atoms with Crippen LogP contribution in [0.1, 0.15) is 18.1 Å². The standard InChI is InChI=1S/C23H32N4O2/c1-4-29-21-10-8-20(9-11-21)27-16-14-26(15-17-27)13-12-24-23(28)25-22-7-5-6-18(2)19(22)3/h5-11H,4,12-17H2,1-3H3,(H2,24,25,28)/p+1. The van der Waals surface area contributed by atoms with Crippen LogP contribution in [0.5, 0.6) is 5.75 Å². The monoisotopic (exact) mass is 397 g/mol. The fourth-order valence-corrected chi connectivity index (χ4v) is 3.66. The summed E-state index contributed by atoms with van der Waals surface area (Å²) in [7, 11) is 0. The van der Waals surface area contributed by atoms with Crippen molar-refractivity contribution in [2.24, 2.45) is 0 Å². The maximum absolute atomic E-state index is 12.2. The highest BCUT2D eigenvalue weighted by Gasteiger charge is 2.20. The molecule has 1 saturated heterocycles. The quantitative estimate of drug-likeness (QED) is 0.672. The van der Waals surface area contributed by atoms with Gasteiger partial charge >= 0.3 is 6.03 Å². The van der Waals surface area contributed by atoms with Gasteiger partial charge in [0.25, 0.3) is 0 Å². The van der Waals surface area contributed by atoms with E-state index in [1.54, 1.807) is 0 Å². The Kier molecular flexibility index (Phi) is 7.36. The summed E-state index contributed by atoms with van der Waals surface area (Å²) in [5, 5.41) is 5.94. The van der Waals surface area contributed by atoms with Gasteiger partial charge in [0.15, 0.2) is 0 Å². The summed E-state index contributed by atoms with van der Waals surface area (Å²) in [6, 6.07) is 14.2. The molecule has 2 amide bonds. The number of ether oxygens (including phenoxy) is 1. The van der Waals surface area contributed by atoms with Crippen LogP contribution in [0.2, 0.25) is 0 Å². The number of amides is 2. The first-order valence-electron chi connectivity index (χ1n) is 10.5. The Morgan fingerprint density at radius 1 is 1.10 bits per heavy atom. The Labute approximate surface area is 173 Å². The van der Waals surface area contributed by atoms with E-state index in [-0.39, 0.29) is 6.03 Å². The van der Waals surface area contributed by atoms with Gasteiger partial charge in [-0.25, -0.2) is 4.79 Å². The number of anilines is 2. The first-order chi connectivity index (χ1) is 14.1. The number of rotatable bonds is 7. The maximum Gasteiger partial charge on any atom is 0.319 e. The summed E-state index contributed by atoms with van der Waals surface area (Å²) in [6.45, 7) is 12.6. The molecule has 2 aromatic carbocycles. The lowest BCUT2D eigenvalue weighted by atomic mass is 10.1. The zero-order valence-corrected chi connectivity index (χ0v) is 17.8. The minimum absolute atomic E-state index is 0.133. The van der Waals surface area contributed by atoms with Crippen molar-refractivity contribution in [2.75, 3.05) is 56.1 Å². The van der Waals surface area contributed by atoms with Gasteiger partial charge in [-0.05, 0) is 62.2 Å². The topological polar surface area (TPSA) is 58.0 Å². The van der Waals surface area contributed by atoms with Crippen molar-refractivity contribution in [3.63, 3.8) is 0 Å². The Bertz CT molecular complexity index is 799. The minimum Gasteiger partial charge on any atom is -0.494 e. The molecule has 0 radical (unpaired) electrons. The summed E-state index contributed by atoms with van der Waals surface area (Å²) in [6.07, 6.45) is 0. The molecule has 3 rings (SSSR count). The van der Waals surface area contributed by atoms with Crippen LogP contribution in [0.25, 0.3) is 0 Å². The van der Waals surface area contributed by atoms with Gasteiger partial charge in [0, 0.05) is 11.4 Å².